The summed E-state index contributed by atoms with van der Waals surface area (Å²) in [6.45, 7) is 0. The quantitative estimate of drug-likeness (QED) is 0.327. The van der Waals surface area contributed by atoms with Crippen LogP contribution in [0.15, 0.2) is 29.4 Å². The first-order valence-corrected chi connectivity index (χ1v) is 3.25. The van der Waals surface area contributed by atoms with Gasteiger partial charge in [0.1, 0.15) is 0 Å². The molecule has 1 aromatic rings. The predicted octanol–water partition coefficient (Wildman–Crippen LogP) is -0.102. The van der Waals surface area contributed by atoms with E-state index in [0.29, 0.717) is 5.56 Å². The van der Waals surface area contributed by atoms with Crippen molar-refractivity contribution in [1.29, 1.82) is 0 Å². The molecule has 3 N–H and O–H groups in total. The average Bonchev–Trinajstić information content (AvgIpc) is 2.06. The Morgan fingerprint density at radius 3 is 2.33 bits per heavy atom. The van der Waals surface area contributed by atoms with Gasteiger partial charge in [0.25, 0.3) is 0 Å². The fraction of sp³-hybridized carbons (Fsp3) is 0. The van der Waals surface area contributed by atoms with Gasteiger partial charge < -0.3 is 10.4 Å². The second-order valence-electron chi connectivity index (χ2n) is 2.17. The van der Waals surface area contributed by atoms with E-state index in [1.807, 2.05) is 0 Å². The van der Waals surface area contributed by atoms with Crippen LogP contribution in [0.3, 0.4) is 0 Å². The van der Waals surface area contributed by atoms with Crippen LogP contribution in [-0.4, -0.2) is 16.6 Å². The number of rotatable bonds is 2. The average molecular weight is 168 g/mol. The van der Waals surface area contributed by atoms with Crippen LogP contribution in [0.4, 0.5) is 5.69 Å². The van der Waals surface area contributed by atoms with Gasteiger partial charge in [0.05, 0.1) is 6.21 Å². The number of oxime groups is 1. The standard InChI is InChI=1S/C7H8N2O3/c10-8-5-6-1-3-7(4-2-6)9(11)12/h1-5,9-11H. The molecule has 0 saturated heterocycles. The van der Waals surface area contributed by atoms with E-state index in [1.165, 1.54) is 18.3 Å². The smallest absolute Gasteiger partial charge is 0.163 e. The Morgan fingerprint density at radius 1 is 1.33 bits per heavy atom. The highest BCUT2D eigenvalue weighted by atomic mass is 16.8. The van der Waals surface area contributed by atoms with Gasteiger partial charge in [-0.05, 0) is 17.7 Å². The molecule has 5 heteroatoms. The van der Waals surface area contributed by atoms with Crippen LogP contribution in [0.1, 0.15) is 5.56 Å². The zero-order chi connectivity index (χ0) is 8.97. The van der Waals surface area contributed by atoms with E-state index < -0.39 is 5.23 Å². The number of nitrogens with zero attached hydrogens (tertiary/aromatic N) is 1. The van der Waals surface area contributed by atoms with Crippen LogP contribution in [0.2, 0.25) is 0 Å². The molecule has 12 heavy (non-hydrogen) atoms. The molecule has 5 nitrogen and oxygen atoms in total. The number of nitrogens with one attached hydrogen (secondary N) is 1. The molecule has 1 rings (SSSR count). The van der Waals surface area contributed by atoms with E-state index in [4.69, 9.17) is 10.4 Å². The summed E-state index contributed by atoms with van der Waals surface area (Å²) in [5, 5.41) is 28.9. The summed E-state index contributed by atoms with van der Waals surface area (Å²) in [7, 11) is 0. The summed E-state index contributed by atoms with van der Waals surface area (Å²) < 4.78 is 0. The van der Waals surface area contributed by atoms with Crippen molar-refractivity contribution in [1.82, 2.24) is 0 Å². The number of benzene rings is 1. The maximum Gasteiger partial charge on any atom is 0.163 e. The normalized spacial score (nSPS) is 13.5. The maximum atomic E-state index is 10.4. The zero-order valence-electron chi connectivity index (χ0n) is 6.14. The first-order valence-electron chi connectivity index (χ1n) is 3.25. The van der Waals surface area contributed by atoms with Crippen molar-refractivity contribution >= 4 is 11.9 Å². The van der Waals surface area contributed by atoms with Gasteiger partial charge in [-0.25, -0.2) is 5.21 Å². The molecule has 0 heterocycles. The summed E-state index contributed by atoms with van der Waals surface area (Å²) >= 11 is 0. The first-order chi connectivity index (χ1) is 5.74. The summed E-state index contributed by atoms with van der Waals surface area (Å²) in [5.74, 6) is 0. The Balaban J connectivity index is 2.85. The molecule has 0 bridgehead atoms. The Bertz CT molecular complexity index is 268. The van der Waals surface area contributed by atoms with Gasteiger partial charge in [-0.15, -0.1) is 0 Å². The molecule has 0 fully saturated rings. The van der Waals surface area contributed by atoms with Crippen molar-refractivity contribution in [3.05, 3.63) is 35.0 Å². The van der Waals surface area contributed by atoms with Crippen molar-refractivity contribution in [2.45, 2.75) is 0 Å². The molecule has 0 aliphatic rings. The van der Waals surface area contributed by atoms with E-state index in [2.05, 4.69) is 5.16 Å². The van der Waals surface area contributed by atoms with Gasteiger partial charge in [-0.1, -0.05) is 5.16 Å². The van der Waals surface area contributed by atoms with Crippen LogP contribution < -0.4 is 5.23 Å². The van der Waals surface area contributed by atoms with E-state index in [9.17, 15) is 5.21 Å². The third kappa shape index (κ3) is 2.03. The molecule has 1 unspecified atom stereocenters. The molecule has 0 aliphatic heterocycles. The maximum absolute atomic E-state index is 10.4. The molecule has 0 radical (unpaired) electrons. The topological polar surface area (TPSA) is 80.3 Å². The first kappa shape index (κ1) is 8.66. The van der Waals surface area contributed by atoms with Crippen LogP contribution >= 0.6 is 0 Å². The lowest BCUT2D eigenvalue weighted by molar-refractivity contribution is -0.991. The second-order valence-corrected chi connectivity index (χ2v) is 2.17. The third-order valence-corrected chi connectivity index (χ3v) is 1.36. The summed E-state index contributed by atoms with van der Waals surface area (Å²) in [6, 6.07) is 6.01. The van der Waals surface area contributed by atoms with E-state index >= 15 is 0 Å². The van der Waals surface area contributed by atoms with Crippen LogP contribution in [0.5, 0.6) is 0 Å². The number of hydrogen-bond donors (Lipinski definition) is 3. The van der Waals surface area contributed by atoms with E-state index in [0.717, 1.165) is 0 Å². The van der Waals surface area contributed by atoms with Gasteiger partial charge >= 0.3 is 0 Å². The molecule has 1 aromatic carbocycles. The molecule has 0 aromatic heterocycles. The summed E-state index contributed by atoms with van der Waals surface area (Å²) in [4.78, 5) is 0. The minimum Gasteiger partial charge on any atom is -0.595 e. The van der Waals surface area contributed by atoms with Gasteiger partial charge in [0.2, 0.25) is 0 Å². The van der Waals surface area contributed by atoms with Gasteiger partial charge in [0, 0.05) is 12.1 Å². The molecule has 0 spiro atoms. The fourth-order valence-electron chi connectivity index (χ4n) is 0.778. The van der Waals surface area contributed by atoms with Gasteiger partial charge in [-0.3, -0.25) is 0 Å². The van der Waals surface area contributed by atoms with E-state index in [-0.39, 0.29) is 5.69 Å². The Labute approximate surface area is 68.7 Å². The SMILES string of the molecule is [O-][NH+](O)c1ccc(C=NO)cc1. The van der Waals surface area contributed by atoms with Crippen molar-refractivity contribution in [2.24, 2.45) is 5.16 Å². The van der Waals surface area contributed by atoms with E-state index in [1.54, 1.807) is 12.1 Å². The van der Waals surface area contributed by atoms with Crippen molar-refractivity contribution in [3.63, 3.8) is 0 Å². The van der Waals surface area contributed by atoms with Gasteiger partial charge in [0.15, 0.2) is 5.69 Å². The van der Waals surface area contributed by atoms with Crippen LogP contribution in [0.25, 0.3) is 0 Å². The Hall–Kier alpha value is -1.43. The minimum absolute atomic E-state index is 0.213. The lowest BCUT2D eigenvalue weighted by Crippen LogP contribution is -2.99. The summed E-state index contributed by atoms with van der Waals surface area (Å²) in [5.41, 5.74) is 0.868. The molecule has 0 aliphatic carbocycles. The Morgan fingerprint density at radius 2 is 1.92 bits per heavy atom. The Kier molecular flexibility index (Phi) is 2.76. The van der Waals surface area contributed by atoms with Crippen molar-refractivity contribution in [2.75, 3.05) is 0 Å². The summed E-state index contributed by atoms with van der Waals surface area (Å²) in [6.07, 6.45) is 1.23. The lowest BCUT2D eigenvalue weighted by Gasteiger charge is -2.10. The second kappa shape index (κ2) is 3.82. The predicted molar refractivity (Wildman–Crippen MR) is 41.6 cm³/mol. The monoisotopic (exact) mass is 168 g/mol. The molecule has 1 atom stereocenters. The molecular formula is C7H8N2O3. The lowest BCUT2D eigenvalue weighted by atomic mass is 10.2. The highest BCUT2D eigenvalue weighted by molar-refractivity contribution is 5.79. The molecule has 64 valence electrons. The highest BCUT2D eigenvalue weighted by Crippen LogP contribution is 2.02. The fourth-order valence-corrected chi connectivity index (χ4v) is 0.778. The van der Waals surface area contributed by atoms with Gasteiger partial charge in [-0.2, -0.15) is 5.23 Å². The largest absolute Gasteiger partial charge is 0.595 e. The van der Waals surface area contributed by atoms with Crippen molar-refractivity contribution < 1.29 is 15.6 Å². The minimum atomic E-state index is -0.970. The molecule has 0 saturated carbocycles. The molecule has 0 amide bonds. The third-order valence-electron chi connectivity index (χ3n) is 1.36. The zero-order valence-corrected chi connectivity index (χ0v) is 6.14. The number of quaternary nitrogens is 1. The van der Waals surface area contributed by atoms with Crippen LogP contribution in [-0.2, 0) is 0 Å². The van der Waals surface area contributed by atoms with Crippen molar-refractivity contribution in [3.8, 4) is 0 Å². The number of hydrogen-bond acceptors (Lipinski definition) is 4. The molecular weight excluding hydrogens is 160 g/mol. The highest BCUT2D eigenvalue weighted by Gasteiger charge is 1.97. The van der Waals surface area contributed by atoms with Crippen LogP contribution in [0, 0.1) is 5.21 Å².